The predicted molar refractivity (Wildman–Crippen MR) is 62.3 cm³/mol. The number of aryl methyl sites for hydroxylation is 2. The molecular weight excluding hydrogens is 208 g/mol. The summed E-state index contributed by atoms with van der Waals surface area (Å²) < 4.78 is 26.5. The summed E-state index contributed by atoms with van der Waals surface area (Å²) in [5, 5.41) is 0. The molecule has 1 aromatic rings. The number of rotatable bonds is 5. The number of hydrogen-bond acceptors (Lipinski definition) is 1. The van der Waals surface area contributed by atoms with Crippen molar-refractivity contribution in [2.24, 2.45) is 5.73 Å². The molecule has 2 N–H and O–H groups in total. The molecule has 16 heavy (non-hydrogen) atoms. The standard InChI is InChI=1S/C13H19F2N/c1-3-11-7-10(6-4-5-9(2)16)8-12(14)13(11)15/h7-9H,3-6,16H2,1-2H3/t9-/m0/s1. The first-order valence-corrected chi connectivity index (χ1v) is 5.77. The fraction of sp³-hybridized carbons (Fsp3) is 0.538. The van der Waals surface area contributed by atoms with Gasteiger partial charge in [-0.1, -0.05) is 13.0 Å². The first-order valence-electron chi connectivity index (χ1n) is 5.77. The number of halogens is 2. The van der Waals surface area contributed by atoms with Crippen LogP contribution in [0.3, 0.4) is 0 Å². The molecule has 0 bridgehead atoms. The van der Waals surface area contributed by atoms with Crippen LogP contribution in [-0.4, -0.2) is 6.04 Å². The van der Waals surface area contributed by atoms with Crippen LogP contribution >= 0.6 is 0 Å². The molecule has 0 aliphatic heterocycles. The lowest BCUT2D eigenvalue weighted by Crippen LogP contribution is -2.14. The van der Waals surface area contributed by atoms with E-state index in [-0.39, 0.29) is 6.04 Å². The van der Waals surface area contributed by atoms with Crippen molar-refractivity contribution in [1.82, 2.24) is 0 Å². The molecule has 0 amide bonds. The molecule has 0 radical (unpaired) electrons. The van der Waals surface area contributed by atoms with Crippen molar-refractivity contribution in [3.63, 3.8) is 0 Å². The maximum absolute atomic E-state index is 13.2. The van der Waals surface area contributed by atoms with Crippen molar-refractivity contribution in [3.8, 4) is 0 Å². The van der Waals surface area contributed by atoms with Crippen LogP contribution in [0.2, 0.25) is 0 Å². The summed E-state index contributed by atoms with van der Waals surface area (Å²) in [6.45, 7) is 3.77. The molecule has 0 fully saturated rings. The lowest BCUT2D eigenvalue weighted by molar-refractivity contribution is 0.497. The zero-order chi connectivity index (χ0) is 12.1. The van der Waals surface area contributed by atoms with E-state index in [0.29, 0.717) is 12.0 Å². The summed E-state index contributed by atoms with van der Waals surface area (Å²) in [7, 11) is 0. The zero-order valence-corrected chi connectivity index (χ0v) is 9.89. The quantitative estimate of drug-likeness (QED) is 0.821. The van der Waals surface area contributed by atoms with Gasteiger partial charge >= 0.3 is 0 Å². The highest BCUT2D eigenvalue weighted by Crippen LogP contribution is 2.17. The Morgan fingerprint density at radius 1 is 1.31 bits per heavy atom. The fourth-order valence-corrected chi connectivity index (χ4v) is 1.74. The molecule has 0 aromatic heterocycles. The molecule has 0 saturated heterocycles. The minimum Gasteiger partial charge on any atom is -0.328 e. The number of nitrogens with two attached hydrogens (primary N) is 1. The molecule has 3 heteroatoms. The molecule has 0 spiro atoms. The van der Waals surface area contributed by atoms with E-state index >= 15 is 0 Å². The summed E-state index contributed by atoms with van der Waals surface area (Å²) >= 11 is 0. The Kier molecular flexibility index (Phi) is 4.87. The van der Waals surface area contributed by atoms with E-state index in [1.807, 2.05) is 13.8 Å². The topological polar surface area (TPSA) is 26.0 Å². The third-order valence-corrected chi connectivity index (χ3v) is 2.67. The summed E-state index contributed by atoms with van der Waals surface area (Å²) in [6.07, 6.45) is 3.09. The zero-order valence-electron chi connectivity index (χ0n) is 9.89. The second kappa shape index (κ2) is 5.94. The van der Waals surface area contributed by atoms with Gasteiger partial charge in [0.1, 0.15) is 0 Å². The predicted octanol–water partition coefficient (Wildman–Crippen LogP) is 3.20. The van der Waals surface area contributed by atoms with E-state index < -0.39 is 11.6 Å². The van der Waals surface area contributed by atoms with E-state index in [1.54, 1.807) is 6.07 Å². The van der Waals surface area contributed by atoms with E-state index in [9.17, 15) is 8.78 Å². The van der Waals surface area contributed by atoms with Gasteiger partial charge in [0.25, 0.3) is 0 Å². The summed E-state index contributed by atoms with van der Waals surface area (Å²) in [4.78, 5) is 0. The molecule has 1 aromatic carbocycles. The van der Waals surface area contributed by atoms with Crippen LogP contribution in [0.15, 0.2) is 12.1 Å². The van der Waals surface area contributed by atoms with Crippen molar-refractivity contribution in [2.45, 2.75) is 45.6 Å². The molecule has 0 unspecified atom stereocenters. The molecule has 1 atom stereocenters. The van der Waals surface area contributed by atoms with Crippen LogP contribution < -0.4 is 5.73 Å². The highest BCUT2D eigenvalue weighted by molar-refractivity contribution is 5.26. The Morgan fingerprint density at radius 3 is 2.56 bits per heavy atom. The average molecular weight is 227 g/mol. The van der Waals surface area contributed by atoms with E-state index in [4.69, 9.17) is 5.73 Å². The average Bonchev–Trinajstić information content (AvgIpc) is 2.22. The van der Waals surface area contributed by atoms with Crippen LogP contribution in [-0.2, 0) is 12.8 Å². The second-order valence-corrected chi connectivity index (χ2v) is 4.27. The van der Waals surface area contributed by atoms with Gasteiger partial charge in [-0.05, 0) is 49.8 Å². The Bertz CT molecular complexity index is 348. The summed E-state index contributed by atoms with van der Waals surface area (Å²) in [6, 6.07) is 3.20. The van der Waals surface area contributed by atoms with Gasteiger partial charge in [0.05, 0.1) is 0 Å². The van der Waals surface area contributed by atoms with Crippen molar-refractivity contribution in [2.75, 3.05) is 0 Å². The normalized spacial score (nSPS) is 12.8. The van der Waals surface area contributed by atoms with Crippen molar-refractivity contribution in [3.05, 3.63) is 34.9 Å². The first kappa shape index (κ1) is 13.1. The van der Waals surface area contributed by atoms with Crippen LogP contribution in [0, 0.1) is 11.6 Å². The third kappa shape index (κ3) is 3.56. The van der Waals surface area contributed by atoms with E-state index in [0.717, 1.165) is 24.8 Å². The van der Waals surface area contributed by atoms with Gasteiger partial charge in [0, 0.05) is 6.04 Å². The molecule has 90 valence electrons. The smallest absolute Gasteiger partial charge is 0.162 e. The van der Waals surface area contributed by atoms with Gasteiger partial charge in [-0.3, -0.25) is 0 Å². The van der Waals surface area contributed by atoms with Gasteiger partial charge < -0.3 is 5.73 Å². The van der Waals surface area contributed by atoms with Crippen molar-refractivity contribution < 1.29 is 8.78 Å². The SMILES string of the molecule is CCc1cc(CCC[C@H](C)N)cc(F)c1F. The monoisotopic (exact) mass is 227 g/mol. The van der Waals surface area contributed by atoms with Gasteiger partial charge in [0.2, 0.25) is 0 Å². The number of hydrogen-bond donors (Lipinski definition) is 1. The lowest BCUT2D eigenvalue weighted by Gasteiger charge is -2.08. The minimum absolute atomic E-state index is 0.163. The molecule has 0 saturated carbocycles. The van der Waals surface area contributed by atoms with Gasteiger partial charge in [0.15, 0.2) is 11.6 Å². The van der Waals surface area contributed by atoms with Crippen molar-refractivity contribution in [1.29, 1.82) is 0 Å². The lowest BCUT2D eigenvalue weighted by atomic mass is 10.0. The van der Waals surface area contributed by atoms with Crippen LogP contribution in [0.1, 0.15) is 37.8 Å². The fourth-order valence-electron chi connectivity index (χ4n) is 1.74. The van der Waals surface area contributed by atoms with Crippen LogP contribution in [0.5, 0.6) is 0 Å². The molecule has 0 aliphatic rings. The molecule has 1 rings (SSSR count). The Labute approximate surface area is 95.7 Å². The maximum atomic E-state index is 13.2. The van der Waals surface area contributed by atoms with Crippen molar-refractivity contribution >= 4 is 0 Å². The van der Waals surface area contributed by atoms with Crippen LogP contribution in [0.25, 0.3) is 0 Å². The largest absolute Gasteiger partial charge is 0.328 e. The molecule has 0 aliphatic carbocycles. The van der Waals surface area contributed by atoms with E-state index in [2.05, 4.69) is 0 Å². The summed E-state index contributed by atoms with van der Waals surface area (Å²) in [5.74, 6) is -1.45. The molecule has 1 nitrogen and oxygen atoms in total. The third-order valence-electron chi connectivity index (χ3n) is 2.67. The first-order chi connectivity index (χ1) is 7.54. The number of benzene rings is 1. The van der Waals surface area contributed by atoms with Gasteiger partial charge in [-0.25, -0.2) is 8.78 Å². The highest BCUT2D eigenvalue weighted by Gasteiger charge is 2.09. The van der Waals surface area contributed by atoms with Crippen LogP contribution in [0.4, 0.5) is 8.78 Å². The summed E-state index contributed by atoms with van der Waals surface area (Å²) in [5.41, 5.74) is 6.94. The highest BCUT2D eigenvalue weighted by atomic mass is 19.2. The maximum Gasteiger partial charge on any atom is 0.162 e. The van der Waals surface area contributed by atoms with Gasteiger partial charge in [-0.2, -0.15) is 0 Å². The second-order valence-electron chi connectivity index (χ2n) is 4.27. The minimum atomic E-state index is -0.741. The Hall–Kier alpha value is -0.960. The Morgan fingerprint density at radius 2 is 2.00 bits per heavy atom. The molecular formula is C13H19F2N. The Balaban J connectivity index is 2.70. The van der Waals surface area contributed by atoms with E-state index in [1.165, 1.54) is 6.07 Å². The van der Waals surface area contributed by atoms with Gasteiger partial charge in [-0.15, -0.1) is 0 Å². The molecule has 0 heterocycles.